The normalized spacial score (nSPS) is 32.1. The highest BCUT2D eigenvalue weighted by Crippen LogP contribution is 2.59. The number of nitrogens with zero attached hydrogens (tertiary/aromatic N) is 2. The van der Waals surface area contributed by atoms with Gasteiger partial charge in [0.15, 0.2) is 6.29 Å². The van der Waals surface area contributed by atoms with E-state index in [1.807, 2.05) is 37.8 Å². The van der Waals surface area contributed by atoms with Crippen LogP contribution in [0.3, 0.4) is 0 Å². The summed E-state index contributed by atoms with van der Waals surface area (Å²) >= 11 is 3.41. The molecule has 0 bridgehead atoms. The van der Waals surface area contributed by atoms with Crippen molar-refractivity contribution < 1.29 is 28.5 Å². The lowest BCUT2D eigenvalue weighted by molar-refractivity contribution is -0.166. The second-order valence-electron chi connectivity index (χ2n) is 12.9. The molecule has 5 rings (SSSR count). The number of hydrogen-bond donors (Lipinski definition) is 0. The summed E-state index contributed by atoms with van der Waals surface area (Å²) in [5.74, 6) is 0.624. The Morgan fingerprint density at radius 3 is 2.44 bits per heavy atom. The number of carbonyl (C=O) groups excluding carboxylic acids is 1. The highest BCUT2D eigenvalue weighted by atomic mass is 79.9. The van der Waals surface area contributed by atoms with Crippen LogP contribution < -0.4 is 4.74 Å². The van der Waals surface area contributed by atoms with Gasteiger partial charge < -0.3 is 28.6 Å². The Hall–Kier alpha value is -1.42. The summed E-state index contributed by atoms with van der Waals surface area (Å²) in [5.41, 5.74) is -0.181. The van der Waals surface area contributed by atoms with Crippen molar-refractivity contribution in [2.24, 2.45) is 5.41 Å². The van der Waals surface area contributed by atoms with Crippen LogP contribution in [0.5, 0.6) is 5.88 Å². The fraction of sp³-hybridized carbons (Fsp3) is 0.800. The molecule has 1 aromatic rings. The zero-order valence-electron chi connectivity index (χ0n) is 23.7. The monoisotopic (exact) mass is 608 g/mol. The number of hydrogen-bond acceptors (Lipinski definition) is 7. The molecule has 1 spiro atoms. The van der Waals surface area contributed by atoms with Crippen molar-refractivity contribution in [3.8, 4) is 5.88 Å². The van der Waals surface area contributed by atoms with Crippen molar-refractivity contribution in [2.75, 3.05) is 19.8 Å². The standard InChI is InChI=1S/C30H45BrN2O6/c1-29(2,3)39-28(34)33(22-14-24(15-22)38-26-10-9-21(31)20-32-26)23-16-30(17-23)18-25(19-30)35-11-6-7-13-37-27-8-4-5-12-36-27/h9-10,20,22-25,27H,4-8,11-19H2,1-3H3. The maximum Gasteiger partial charge on any atom is 0.410 e. The molecule has 218 valence electrons. The van der Waals surface area contributed by atoms with Gasteiger partial charge in [-0.05, 0) is 106 Å². The van der Waals surface area contributed by atoms with Crippen molar-refractivity contribution in [3.05, 3.63) is 22.8 Å². The van der Waals surface area contributed by atoms with Gasteiger partial charge in [0.1, 0.15) is 11.7 Å². The van der Waals surface area contributed by atoms with E-state index in [1.54, 1.807) is 6.20 Å². The summed E-state index contributed by atoms with van der Waals surface area (Å²) in [6.45, 7) is 8.16. The van der Waals surface area contributed by atoms with Crippen LogP contribution >= 0.6 is 15.9 Å². The summed E-state index contributed by atoms with van der Waals surface area (Å²) in [5, 5.41) is 0. The molecule has 1 unspecified atom stereocenters. The number of halogens is 1. The molecule has 8 nitrogen and oxygen atoms in total. The fourth-order valence-electron chi connectivity index (χ4n) is 6.38. The number of amides is 1. The zero-order chi connectivity index (χ0) is 27.5. The van der Waals surface area contributed by atoms with Crippen molar-refractivity contribution in [3.63, 3.8) is 0 Å². The number of rotatable bonds is 11. The van der Waals surface area contributed by atoms with Crippen molar-refractivity contribution in [1.29, 1.82) is 0 Å². The Balaban J connectivity index is 1.02. The zero-order valence-corrected chi connectivity index (χ0v) is 25.3. The van der Waals surface area contributed by atoms with E-state index in [2.05, 4.69) is 20.9 Å². The highest BCUT2D eigenvalue weighted by molar-refractivity contribution is 9.10. The van der Waals surface area contributed by atoms with E-state index in [9.17, 15) is 4.79 Å². The molecule has 4 aliphatic rings. The molecule has 3 saturated carbocycles. The first-order valence-electron chi connectivity index (χ1n) is 14.8. The number of aromatic nitrogens is 1. The van der Waals surface area contributed by atoms with Gasteiger partial charge in [-0.2, -0.15) is 0 Å². The summed E-state index contributed by atoms with van der Waals surface area (Å²) in [4.78, 5) is 19.6. The first-order valence-corrected chi connectivity index (χ1v) is 15.6. The molecule has 0 N–H and O–H groups in total. The molecule has 9 heteroatoms. The Kier molecular flexibility index (Phi) is 9.41. The Morgan fingerprint density at radius 1 is 1.05 bits per heavy atom. The Bertz CT molecular complexity index is 928. The van der Waals surface area contributed by atoms with E-state index >= 15 is 0 Å². The molecule has 1 atom stereocenters. The quantitative estimate of drug-likeness (QED) is 0.260. The van der Waals surface area contributed by atoms with Crippen molar-refractivity contribution in [2.45, 2.75) is 128 Å². The third kappa shape index (κ3) is 7.86. The lowest BCUT2D eigenvalue weighted by Gasteiger charge is -2.61. The van der Waals surface area contributed by atoms with Crippen LogP contribution in [0.15, 0.2) is 22.8 Å². The average Bonchev–Trinajstić information content (AvgIpc) is 2.81. The summed E-state index contributed by atoms with van der Waals surface area (Å²) in [7, 11) is 0. The maximum absolute atomic E-state index is 13.2. The lowest BCUT2D eigenvalue weighted by Crippen LogP contribution is -2.64. The minimum atomic E-state index is -0.512. The minimum absolute atomic E-state index is 0.000149. The number of unbranched alkanes of at least 4 members (excludes halogenated alkanes) is 1. The van der Waals surface area contributed by atoms with E-state index < -0.39 is 5.60 Å². The molecule has 0 radical (unpaired) electrons. The molecular formula is C30H45BrN2O6. The van der Waals surface area contributed by atoms with E-state index in [4.69, 9.17) is 23.7 Å². The first kappa shape index (κ1) is 29.1. The van der Waals surface area contributed by atoms with Gasteiger partial charge in [0.05, 0.1) is 6.10 Å². The number of carbonyl (C=O) groups is 1. The largest absolute Gasteiger partial charge is 0.474 e. The smallest absolute Gasteiger partial charge is 0.410 e. The second kappa shape index (κ2) is 12.6. The van der Waals surface area contributed by atoms with E-state index in [0.29, 0.717) is 17.4 Å². The van der Waals surface area contributed by atoms with Crippen molar-refractivity contribution >= 4 is 22.0 Å². The third-order valence-electron chi connectivity index (χ3n) is 8.44. The van der Waals surface area contributed by atoms with Crippen LogP contribution in [-0.4, -0.2) is 72.0 Å². The molecular weight excluding hydrogens is 564 g/mol. The van der Waals surface area contributed by atoms with Gasteiger partial charge in [0.25, 0.3) is 0 Å². The lowest BCUT2D eigenvalue weighted by atomic mass is 9.52. The van der Waals surface area contributed by atoms with Gasteiger partial charge >= 0.3 is 6.09 Å². The third-order valence-corrected chi connectivity index (χ3v) is 8.91. The summed E-state index contributed by atoms with van der Waals surface area (Å²) in [6, 6.07) is 4.18. The van der Waals surface area contributed by atoms with E-state index in [-0.39, 0.29) is 30.6 Å². The Labute approximate surface area is 241 Å². The van der Waals surface area contributed by atoms with Gasteiger partial charge in [0.2, 0.25) is 5.88 Å². The van der Waals surface area contributed by atoms with Gasteiger partial charge in [-0.15, -0.1) is 0 Å². The molecule has 1 aromatic heterocycles. The number of ether oxygens (including phenoxy) is 5. The van der Waals surface area contributed by atoms with Crippen LogP contribution in [0.2, 0.25) is 0 Å². The van der Waals surface area contributed by atoms with E-state index in [0.717, 1.165) is 88.5 Å². The first-order chi connectivity index (χ1) is 18.7. The molecule has 2 heterocycles. The number of pyridine rings is 1. The van der Waals surface area contributed by atoms with Gasteiger partial charge in [0, 0.05) is 61.5 Å². The second-order valence-corrected chi connectivity index (χ2v) is 13.8. The van der Waals surface area contributed by atoms with Gasteiger partial charge in [-0.1, -0.05) is 0 Å². The molecule has 1 amide bonds. The molecule has 0 aromatic carbocycles. The summed E-state index contributed by atoms with van der Waals surface area (Å²) < 4.78 is 30.4. The summed E-state index contributed by atoms with van der Waals surface area (Å²) in [6.07, 6.45) is 13.3. The minimum Gasteiger partial charge on any atom is -0.474 e. The Morgan fingerprint density at radius 2 is 1.79 bits per heavy atom. The van der Waals surface area contributed by atoms with Crippen LogP contribution in [0, 0.1) is 5.41 Å². The molecule has 3 aliphatic carbocycles. The van der Waals surface area contributed by atoms with Gasteiger partial charge in [-0.25, -0.2) is 9.78 Å². The molecule has 4 fully saturated rings. The van der Waals surface area contributed by atoms with Crippen LogP contribution in [0.25, 0.3) is 0 Å². The van der Waals surface area contributed by atoms with Crippen LogP contribution in [-0.2, 0) is 18.9 Å². The SMILES string of the molecule is CC(C)(C)OC(=O)N(C1CC(Oc2ccc(Br)cn2)C1)C1CC2(CC(OCCCCOC3CCCCO3)C2)C1. The predicted molar refractivity (Wildman–Crippen MR) is 151 cm³/mol. The van der Waals surface area contributed by atoms with Crippen LogP contribution in [0.4, 0.5) is 4.79 Å². The molecule has 1 aliphatic heterocycles. The topological polar surface area (TPSA) is 79.4 Å². The fourth-order valence-corrected chi connectivity index (χ4v) is 6.61. The van der Waals surface area contributed by atoms with Gasteiger partial charge in [-0.3, -0.25) is 0 Å². The average molecular weight is 610 g/mol. The van der Waals surface area contributed by atoms with E-state index in [1.165, 1.54) is 6.42 Å². The predicted octanol–water partition coefficient (Wildman–Crippen LogP) is 6.64. The molecule has 39 heavy (non-hydrogen) atoms. The van der Waals surface area contributed by atoms with Crippen LogP contribution in [0.1, 0.15) is 91.4 Å². The maximum atomic E-state index is 13.2. The highest BCUT2D eigenvalue weighted by Gasteiger charge is 2.57. The molecule has 1 saturated heterocycles. The van der Waals surface area contributed by atoms with Crippen molar-refractivity contribution in [1.82, 2.24) is 9.88 Å².